The van der Waals surface area contributed by atoms with Gasteiger partial charge in [-0.25, -0.2) is 4.98 Å². The lowest BCUT2D eigenvalue weighted by Gasteiger charge is -2.10. The third kappa shape index (κ3) is 4.25. The molecular weight excluding hydrogens is 342 g/mol. The number of hydrogen-bond acceptors (Lipinski definition) is 3. The van der Waals surface area contributed by atoms with Crippen molar-refractivity contribution in [2.75, 3.05) is 13.6 Å². The summed E-state index contributed by atoms with van der Waals surface area (Å²) in [5, 5.41) is 11.3. The lowest BCUT2D eigenvalue weighted by Crippen LogP contribution is -2.37. The molecule has 0 saturated carbocycles. The fourth-order valence-electron chi connectivity index (χ4n) is 2.95. The summed E-state index contributed by atoms with van der Waals surface area (Å²) in [6, 6.07) is 6.42. The summed E-state index contributed by atoms with van der Waals surface area (Å²) in [7, 11) is 1.80. The van der Waals surface area contributed by atoms with Gasteiger partial charge in [0, 0.05) is 42.0 Å². The highest BCUT2D eigenvalue weighted by atomic mass is 32.1. The van der Waals surface area contributed by atoms with Gasteiger partial charge in [0.2, 0.25) is 0 Å². The monoisotopic (exact) mass is 369 g/mol. The second-order valence-electron chi connectivity index (χ2n) is 6.75. The van der Waals surface area contributed by atoms with Crippen molar-refractivity contribution in [1.82, 2.24) is 20.6 Å². The van der Waals surface area contributed by atoms with Crippen molar-refractivity contribution >= 4 is 28.2 Å². The summed E-state index contributed by atoms with van der Waals surface area (Å²) in [4.78, 5) is 12.3. The zero-order chi connectivity index (χ0) is 18.5. The largest absolute Gasteiger partial charge is 0.361 e. The molecule has 0 bridgehead atoms. The maximum atomic E-state index is 4.65. The van der Waals surface area contributed by atoms with E-state index in [1.165, 1.54) is 27.0 Å². The van der Waals surface area contributed by atoms with Gasteiger partial charge in [-0.05, 0) is 24.5 Å². The lowest BCUT2D eigenvalue weighted by atomic mass is 10.1. The van der Waals surface area contributed by atoms with Crippen molar-refractivity contribution in [2.45, 2.75) is 39.7 Å². The molecule has 0 spiro atoms. The van der Waals surface area contributed by atoms with Crippen molar-refractivity contribution < 1.29 is 0 Å². The molecule has 5 nitrogen and oxygen atoms in total. The first kappa shape index (κ1) is 18.5. The number of nitrogens with one attached hydrogen (secondary N) is 3. The Labute approximate surface area is 159 Å². The first-order valence-corrected chi connectivity index (χ1v) is 9.91. The average Bonchev–Trinajstić information content (AvgIpc) is 3.26. The SMILES string of the molecule is CN=C(NCCc1c[nH]c2c(C)cccc12)NCc1csc(C(C)C)n1. The van der Waals surface area contributed by atoms with Crippen LogP contribution in [0.25, 0.3) is 10.9 Å². The van der Waals surface area contributed by atoms with Gasteiger partial charge in [0.05, 0.1) is 17.2 Å². The van der Waals surface area contributed by atoms with Gasteiger partial charge in [-0.3, -0.25) is 4.99 Å². The molecule has 0 fully saturated rings. The van der Waals surface area contributed by atoms with E-state index in [-0.39, 0.29) is 0 Å². The van der Waals surface area contributed by atoms with Gasteiger partial charge in [0.25, 0.3) is 0 Å². The van der Waals surface area contributed by atoms with E-state index in [9.17, 15) is 0 Å². The quantitative estimate of drug-likeness (QED) is 0.455. The molecule has 2 aromatic heterocycles. The van der Waals surface area contributed by atoms with E-state index >= 15 is 0 Å². The van der Waals surface area contributed by atoms with E-state index < -0.39 is 0 Å². The van der Waals surface area contributed by atoms with Crippen molar-refractivity contribution in [3.05, 3.63) is 51.6 Å². The Kier molecular flexibility index (Phi) is 5.93. The molecule has 0 aliphatic rings. The first-order chi connectivity index (χ1) is 12.6. The fraction of sp³-hybridized carbons (Fsp3) is 0.400. The molecule has 0 aliphatic heterocycles. The van der Waals surface area contributed by atoms with Crippen LogP contribution in [0.1, 0.15) is 41.6 Å². The number of aliphatic imine (C=N–C) groups is 1. The van der Waals surface area contributed by atoms with Gasteiger partial charge in [0.1, 0.15) is 0 Å². The molecule has 3 aromatic rings. The zero-order valence-corrected chi connectivity index (χ0v) is 16.7. The number of aryl methyl sites for hydroxylation is 1. The molecule has 0 radical (unpaired) electrons. The van der Waals surface area contributed by atoms with Crippen LogP contribution in [0.2, 0.25) is 0 Å². The molecular formula is C20H27N5S. The van der Waals surface area contributed by atoms with Crippen molar-refractivity contribution in [3.63, 3.8) is 0 Å². The standard InChI is InChI=1S/C20H27N5S/c1-13(2)19-25-16(12-26-19)11-24-20(21-4)22-9-8-15-10-23-18-14(3)6-5-7-17(15)18/h5-7,10,12-13,23H,8-9,11H2,1-4H3,(H2,21,22,24). The van der Waals surface area contributed by atoms with E-state index in [1.54, 1.807) is 18.4 Å². The fourth-order valence-corrected chi connectivity index (χ4v) is 3.79. The smallest absolute Gasteiger partial charge is 0.191 e. The summed E-state index contributed by atoms with van der Waals surface area (Å²) in [6.07, 6.45) is 3.05. The minimum Gasteiger partial charge on any atom is -0.361 e. The van der Waals surface area contributed by atoms with Gasteiger partial charge in [-0.2, -0.15) is 0 Å². The van der Waals surface area contributed by atoms with Crippen LogP contribution in [0.15, 0.2) is 34.8 Å². The molecule has 138 valence electrons. The van der Waals surface area contributed by atoms with Gasteiger partial charge in [0.15, 0.2) is 5.96 Å². The number of fused-ring (bicyclic) bond motifs is 1. The van der Waals surface area contributed by atoms with E-state index in [0.29, 0.717) is 12.5 Å². The molecule has 0 saturated heterocycles. The van der Waals surface area contributed by atoms with Crippen LogP contribution < -0.4 is 10.6 Å². The average molecular weight is 370 g/mol. The molecule has 1 aromatic carbocycles. The van der Waals surface area contributed by atoms with Crippen molar-refractivity contribution in [2.24, 2.45) is 4.99 Å². The predicted octanol–water partition coefficient (Wildman–Crippen LogP) is 3.96. The first-order valence-electron chi connectivity index (χ1n) is 9.03. The molecule has 0 aliphatic carbocycles. The molecule has 2 heterocycles. The van der Waals surface area contributed by atoms with E-state index in [4.69, 9.17) is 0 Å². The predicted molar refractivity (Wildman–Crippen MR) is 111 cm³/mol. The second-order valence-corrected chi connectivity index (χ2v) is 7.64. The number of thiazole rings is 1. The number of hydrogen-bond donors (Lipinski definition) is 3. The summed E-state index contributed by atoms with van der Waals surface area (Å²) in [5.74, 6) is 1.28. The minimum absolute atomic E-state index is 0.478. The molecule has 26 heavy (non-hydrogen) atoms. The topological polar surface area (TPSA) is 65.1 Å². The van der Waals surface area contributed by atoms with Crippen LogP contribution >= 0.6 is 11.3 Å². The lowest BCUT2D eigenvalue weighted by molar-refractivity contribution is 0.777. The normalized spacial score (nSPS) is 12.1. The number of para-hydroxylation sites is 1. The maximum absolute atomic E-state index is 4.65. The number of benzene rings is 1. The van der Waals surface area contributed by atoms with Gasteiger partial charge >= 0.3 is 0 Å². The van der Waals surface area contributed by atoms with Gasteiger partial charge in [-0.1, -0.05) is 32.0 Å². The Morgan fingerprint density at radius 2 is 2.15 bits per heavy atom. The highest BCUT2D eigenvalue weighted by Gasteiger charge is 2.08. The zero-order valence-electron chi connectivity index (χ0n) is 15.9. The number of nitrogens with zero attached hydrogens (tertiary/aromatic N) is 2. The molecule has 0 atom stereocenters. The highest BCUT2D eigenvalue weighted by molar-refractivity contribution is 7.09. The number of rotatable bonds is 6. The molecule has 0 amide bonds. The number of H-pyrrole nitrogens is 1. The Bertz CT molecular complexity index is 891. The van der Waals surface area contributed by atoms with E-state index in [1.807, 2.05) is 0 Å². The summed E-state index contributed by atoms with van der Waals surface area (Å²) < 4.78 is 0. The molecule has 6 heteroatoms. The Morgan fingerprint density at radius 1 is 1.31 bits per heavy atom. The summed E-state index contributed by atoms with van der Waals surface area (Å²) >= 11 is 1.72. The Morgan fingerprint density at radius 3 is 2.88 bits per heavy atom. The van der Waals surface area contributed by atoms with Crippen LogP contribution in [0.3, 0.4) is 0 Å². The third-order valence-corrected chi connectivity index (χ3v) is 5.61. The second kappa shape index (κ2) is 8.36. The van der Waals surface area contributed by atoms with Gasteiger partial charge in [-0.15, -0.1) is 11.3 Å². The highest BCUT2D eigenvalue weighted by Crippen LogP contribution is 2.21. The van der Waals surface area contributed by atoms with E-state index in [2.05, 4.69) is 76.1 Å². The molecule has 0 unspecified atom stereocenters. The third-order valence-electron chi connectivity index (χ3n) is 4.42. The van der Waals surface area contributed by atoms with Crippen molar-refractivity contribution in [1.29, 1.82) is 0 Å². The van der Waals surface area contributed by atoms with Crippen LogP contribution in [0.4, 0.5) is 0 Å². The number of aromatic amines is 1. The maximum Gasteiger partial charge on any atom is 0.191 e. The molecule has 3 N–H and O–H groups in total. The summed E-state index contributed by atoms with van der Waals surface area (Å²) in [6.45, 7) is 7.99. The van der Waals surface area contributed by atoms with E-state index in [0.717, 1.165) is 24.6 Å². The van der Waals surface area contributed by atoms with Crippen LogP contribution in [-0.4, -0.2) is 29.5 Å². The van der Waals surface area contributed by atoms with Gasteiger partial charge < -0.3 is 15.6 Å². The Hall–Kier alpha value is -2.34. The minimum atomic E-state index is 0.478. The van der Waals surface area contributed by atoms with Crippen LogP contribution in [0.5, 0.6) is 0 Å². The van der Waals surface area contributed by atoms with Crippen LogP contribution in [-0.2, 0) is 13.0 Å². The van der Waals surface area contributed by atoms with Crippen molar-refractivity contribution in [3.8, 4) is 0 Å². The molecule has 3 rings (SSSR count). The number of guanidine groups is 1. The Balaban J connectivity index is 1.51. The van der Waals surface area contributed by atoms with Crippen LogP contribution in [0, 0.1) is 6.92 Å². The number of aromatic nitrogens is 2. The summed E-state index contributed by atoms with van der Waals surface area (Å²) in [5.41, 5.74) is 4.90.